The van der Waals surface area contributed by atoms with Gasteiger partial charge in [-0.15, -0.1) is 0 Å². The molecule has 0 saturated heterocycles. The number of rotatable bonds is 6. The van der Waals surface area contributed by atoms with Gasteiger partial charge in [0.15, 0.2) is 5.58 Å². The molecule has 0 aliphatic rings. The van der Waals surface area contributed by atoms with Gasteiger partial charge in [-0.3, -0.25) is 14.9 Å². The molecule has 0 aliphatic heterocycles. The Kier molecular flexibility index (Phi) is 4.98. The molecule has 1 amide bonds. The van der Waals surface area contributed by atoms with Gasteiger partial charge in [0, 0.05) is 36.3 Å². The molecular formula is C24H19N5O2. The predicted molar refractivity (Wildman–Crippen MR) is 118 cm³/mol. The first-order valence-corrected chi connectivity index (χ1v) is 9.95. The van der Waals surface area contributed by atoms with Gasteiger partial charge in [0.05, 0.1) is 5.56 Å². The lowest BCUT2D eigenvalue weighted by Gasteiger charge is -2.07. The number of nitrogens with zero attached hydrogens (tertiary/aromatic N) is 3. The van der Waals surface area contributed by atoms with Crippen molar-refractivity contribution in [3.63, 3.8) is 0 Å². The number of amides is 1. The Morgan fingerprint density at radius 1 is 1.06 bits per heavy atom. The number of aromatic amines is 1. The number of aromatic nitrogens is 4. The van der Waals surface area contributed by atoms with Crippen LogP contribution >= 0.6 is 0 Å². The predicted octanol–water partition coefficient (Wildman–Crippen LogP) is 4.85. The number of oxazole rings is 1. The summed E-state index contributed by atoms with van der Waals surface area (Å²) in [7, 11) is 0. The minimum Gasteiger partial charge on any atom is -0.436 e. The number of nitrogens with one attached hydrogen (secondary N) is 2. The number of pyridine rings is 1. The molecule has 0 bridgehead atoms. The molecule has 2 aromatic carbocycles. The summed E-state index contributed by atoms with van der Waals surface area (Å²) in [6, 6.07) is 19.0. The van der Waals surface area contributed by atoms with E-state index in [-0.39, 0.29) is 5.91 Å². The second-order valence-corrected chi connectivity index (χ2v) is 7.12. The number of benzene rings is 2. The summed E-state index contributed by atoms with van der Waals surface area (Å²) in [5.41, 5.74) is 5.57. The van der Waals surface area contributed by atoms with Gasteiger partial charge in [0.25, 0.3) is 0 Å². The SMILES string of the molecule is O=C(CCc1cccnc1)Nc1cccc(-c2n[nH]cc2-c2nc3ccccc3o2)c1. The second-order valence-electron chi connectivity index (χ2n) is 7.12. The van der Waals surface area contributed by atoms with Gasteiger partial charge in [-0.1, -0.05) is 30.3 Å². The Hall–Kier alpha value is -4.26. The first kappa shape index (κ1) is 18.7. The van der Waals surface area contributed by atoms with Crippen molar-refractivity contribution in [3.05, 3.63) is 84.8 Å². The first-order valence-electron chi connectivity index (χ1n) is 9.95. The molecule has 0 saturated carbocycles. The topological polar surface area (TPSA) is 96.7 Å². The average molecular weight is 409 g/mol. The lowest BCUT2D eigenvalue weighted by molar-refractivity contribution is -0.116. The molecule has 7 heteroatoms. The molecule has 2 N–H and O–H groups in total. The van der Waals surface area contributed by atoms with Gasteiger partial charge in [-0.25, -0.2) is 4.98 Å². The van der Waals surface area contributed by atoms with Gasteiger partial charge < -0.3 is 9.73 Å². The molecule has 0 atom stereocenters. The Morgan fingerprint density at radius 3 is 2.87 bits per heavy atom. The number of hydrogen-bond acceptors (Lipinski definition) is 5. The third-order valence-electron chi connectivity index (χ3n) is 4.95. The van der Waals surface area contributed by atoms with Crippen LogP contribution in [-0.2, 0) is 11.2 Å². The fourth-order valence-electron chi connectivity index (χ4n) is 3.43. The molecule has 0 unspecified atom stereocenters. The minimum atomic E-state index is -0.0535. The third kappa shape index (κ3) is 4.06. The highest BCUT2D eigenvalue weighted by Crippen LogP contribution is 2.32. The number of anilines is 1. The van der Waals surface area contributed by atoms with E-state index in [1.165, 1.54) is 0 Å². The summed E-state index contributed by atoms with van der Waals surface area (Å²) in [5.74, 6) is 0.443. The summed E-state index contributed by atoms with van der Waals surface area (Å²) in [4.78, 5) is 21.0. The largest absolute Gasteiger partial charge is 0.436 e. The first-order chi connectivity index (χ1) is 15.3. The summed E-state index contributed by atoms with van der Waals surface area (Å²) < 4.78 is 5.90. The highest BCUT2D eigenvalue weighted by Gasteiger charge is 2.16. The molecule has 7 nitrogen and oxygen atoms in total. The molecule has 0 spiro atoms. The molecule has 3 heterocycles. The molecule has 31 heavy (non-hydrogen) atoms. The highest BCUT2D eigenvalue weighted by atomic mass is 16.3. The summed E-state index contributed by atoms with van der Waals surface area (Å²) in [6.45, 7) is 0. The Morgan fingerprint density at radius 2 is 2.00 bits per heavy atom. The highest BCUT2D eigenvalue weighted by molar-refractivity contribution is 5.92. The number of H-pyrrole nitrogens is 1. The van der Waals surface area contributed by atoms with Crippen molar-refractivity contribution in [1.82, 2.24) is 20.2 Å². The van der Waals surface area contributed by atoms with Gasteiger partial charge in [0.1, 0.15) is 11.2 Å². The van der Waals surface area contributed by atoms with Crippen LogP contribution in [0.2, 0.25) is 0 Å². The summed E-state index contributed by atoms with van der Waals surface area (Å²) >= 11 is 0. The van der Waals surface area contributed by atoms with Crippen molar-refractivity contribution >= 4 is 22.7 Å². The quantitative estimate of drug-likeness (QED) is 0.418. The number of carbonyl (C=O) groups is 1. The van der Waals surface area contributed by atoms with Crippen molar-refractivity contribution in [1.29, 1.82) is 0 Å². The molecule has 5 rings (SSSR count). The number of hydrogen-bond donors (Lipinski definition) is 2. The van der Waals surface area contributed by atoms with Crippen LogP contribution in [0.4, 0.5) is 5.69 Å². The second kappa shape index (κ2) is 8.23. The zero-order chi connectivity index (χ0) is 21.0. The normalized spacial score (nSPS) is 11.0. The van der Waals surface area contributed by atoms with Crippen molar-refractivity contribution < 1.29 is 9.21 Å². The number of para-hydroxylation sites is 2. The Bertz CT molecular complexity index is 1310. The van der Waals surface area contributed by atoms with E-state index in [9.17, 15) is 4.79 Å². The van der Waals surface area contributed by atoms with E-state index in [1.807, 2.05) is 60.7 Å². The van der Waals surface area contributed by atoms with E-state index >= 15 is 0 Å². The van der Waals surface area contributed by atoms with E-state index in [4.69, 9.17) is 4.42 Å². The fraction of sp³-hybridized carbons (Fsp3) is 0.0833. The van der Waals surface area contributed by atoms with E-state index < -0.39 is 0 Å². The summed E-state index contributed by atoms with van der Waals surface area (Å²) in [5, 5.41) is 10.2. The van der Waals surface area contributed by atoms with Crippen LogP contribution in [0.1, 0.15) is 12.0 Å². The van der Waals surface area contributed by atoms with Crippen molar-refractivity contribution in [3.8, 4) is 22.7 Å². The maximum Gasteiger partial charge on any atom is 0.231 e. The zero-order valence-electron chi connectivity index (χ0n) is 16.6. The van der Waals surface area contributed by atoms with Gasteiger partial charge in [0.2, 0.25) is 11.8 Å². The lowest BCUT2D eigenvalue weighted by Crippen LogP contribution is -2.12. The maximum absolute atomic E-state index is 12.4. The van der Waals surface area contributed by atoms with Crippen molar-refractivity contribution in [2.24, 2.45) is 0 Å². The van der Waals surface area contributed by atoms with E-state index in [2.05, 4.69) is 25.5 Å². The number of carbonyl (C=O) groups excluding carboxylic acids is 1. The van der Waals surface area contributed by atoms with Gasteiger partial charge in [-0.2, -0.15) is 5.10 Å². The monoisotopic (exact) mass is 409 g/mol. The number of fused-ring (bicyclic) bond motifs is 1. The van der Waals surface area contributed by atoms with Crippen LogP contribution in [0.15, 0.2) is 83.7 Å². The average Bonchev–Trinajstić information content (AvgIpc) is 3.45. The molecule has 0 radical (unpaired) electrons. The zero-order valence-corrected chi connectivity index (χ0v) is 16.6. The molecule has 0 aliphatic carbocycles. The molecular weight excluding hydrogens is 390 g/mol. The van der Waals surface area contributed by atoms with Crippen LogP contribution in [0.25, 0.3) is 33.8 Å². The van der Waals surface area contributed by atoms with E-state index in [0.29, 0.717) is 30.1 Å². The van der Waals surface area contributed by atoms with Crippen LogP contribution < -0.4 is 5.32 Å². The van der Waals surface area contributed by atoms with Crippen LogP contribution in [0.5, 0.6) is 0 Å². The smallest absolute Gasteiger partial charge is 0.231 e. The van der Waals surface area contributed by atoms with E-state index in [1.54, 1.807) is 18.6 Å². The minimum absolute atomic E-state index is 0.0535. The maximum atomic E-state index is 12.4. The van der Waals surface area contributed by atoms with Crippen LogP contribution in [0.3, 0.4) is 0 Å². The fourth-order valence-corrected chi connectivity index (χ4v) is 3.43. The van der Waals surface area contributed by atoms with Gasteiger partial charge in [-0.05, 0) is 42.3 Å². The third-order valence-corrected chi connectivity index (χ3v) is 4.95. The lowest BCUT2D eigenvalue weighted by atomic mass is 10.1. The van der Waals surface area contributed by atoms with Crippen molar-refractivity contribution in [2.75, 3.05) is 5.32 Å². The van der Waals surface area contributed by atoms with E-state index in [0.717, 1.165) is 27.8 Å². The van der Waals surface area contributed by atoms with Crippen LogP contribution in [0, 0.1) is 0 Å². The van der Waals surface area contributed by atoms with Gasteiger partial charge >= 0.3 is 0 Å². The molecule has 152 valence electrons. The Balaban J connectivity index is 1.35. The van der Waals surface area contributed by atoms with Crippen molar-refractivity contribution in [2.45, 2.75) is 12.8 Å². The van der Waals surface area contributed by atoms with Crippen LogP contribution in [-0.4, -0.2) is 26.1 Å². The molecule has 5 aromatic rings. The summed E-state index contributed by atoms with van der Waals surface area (Å²) in [6.07, 6.45) is 6.28. The molecule has 3 aromatic heterocycles. The number of aryl methyl sites for hydroxylation is 1. The molecule has 0 fully saturated rings. The Labute approximate surface area is 178 Å². The standard InChI is InChI=1S/C24H19N5O2/c30-22(11-10-16-5-4-12-25-14-16)27-18-7-3-6-17(13-18)23-19(15-26-29-23)24-28-20-8-1-2-9-21(20)31-24/h1-9,12-15H,10-11H2,(H,26,29)(H,27,30).